The molecule has 0 spiro atoms. The molecule has 0 aliphatic heterocycles. The van der Waals surface area contributed by atoms with Crippen LogP contribution in [0.4, 0.5) is 0 Å². The van der Waals surface area contributed by atoms with E-state index in [1.54, 1.807) is 0 Å². The highest BCUT2D eigenvalue weighted by atomic mass is 16.5. The van der Waals surface area contributed by atoms with Crippen molar-refractivity contribution in [2.75, 3.05) is 7.11 Å². The lowest BCUT2D eigenvalue weighted by molar-refractivity contribution is -0.143. The molecule has 1 aromatic carbocycles. The van der Waals surface area contributed by atoms with E-state index in [1.807, 2.05) is 25.4 Å². The predicted molar refractivity (Wildman–Crippen MR) is 73.8 cm³/mol. The van der Waals surface area contributed by atoms with E-state index in [0.29, 0.717) is 6.04 Å². The van der Waals surface area contributed by atoms with Crippen LogP contribution in [0.1, 0.15) is 24.4 Å². The molecule has 19 heavy (non-hydrogen) atoms. The molecule has 0 amide bonds. The molecule has 1 saturated carbocycles. The van der Waals surface area contributed by atoms with E-state index in [1.165, 1.54) is 7.11 Å². The van der Waals surface area contributed by atoms with Crippen LogP contribution in [0.2, 0.25) is 0 Å². The topological polar surface area (TPSA) is 43.3 Å². The predicted octanol–water partition coefficient (Wildman–Crippen LogP) is 2.14. The summed E-state index contributed by atoms with van der Waals surface area (Å²) in [4.78, 5) is 12.0. The summed E-state index contributed by atoms with van der Waals surface area (Å²) in [5.41, 5.74) is 2.13. The van der Waals surface area contributed by atoms with Gasteiger partial charge in [-0.15, -0.1) is 0 Å². The first kappa shape index (κ1) is 12.2. The van der Waals surface area contributed by atoms with Crippen molar-refractivity contribution in [3.05, 3.63) is 36.0 Å². The van der Waals surface area contributed by atoms with Crippen molar-refractivity contribution in [3.63, 3.8) is 0 Å². The number of rotatable bonds is 4. The highest BCUT2D eigenvalue weighted by Crippen LogP contribution is 2.30. The van der Waals surface area contributed by atoms with Crippen LogP contribution in [-0.2, 0) is 16.6 Å². The Kier molecular flexibility index (Phi) is 3.03. The van der Waals surface area contributed by atoms with Crippen LogP contribution in [0, 0.1) is 0 Å². The first-order valence-electron chi connectivity index (χ1n) is 6.58. The molecule has 1 heterocycles. The number of ether oxygens (including phenoxy) is 1. The van der Waals surface area contributed by atoms with Gasteiger partial charge in [0.25, 0.3) is 0 Å². The minimum atomic E-state index is -0.372. The molecule has 0 bridgehead atoms. The number of carbonyl (C=O) groups excluding carboxylic acids is 1. The van der Waals surface area contributed by atoms with Crippen molar-refractivity contribution in [1.82, 2.24) is 9.88 Å². The number of hydrogen-bond donors (Lipinski definition) is 1. The van der Waals surface area contributed by atoms with Crippen LogP contribution in [0.5, 0.6) is 0 Å². The van der Waals surface area contributed by atoms with Crippen molar-refractivity contribution in [3.8, 4) is 0 Å². The minimum absolute atomic E-state index is 0.219. The lowest BCUT2D eigenvalue weighted by Gasteiger charge is -2.15. The molecule has 4 nitrogen and oxygen atoms in total. The van der Waals surface area contributed by atoms with Crippen LogP contribution in [0.15, 0.2) is 30.5 Å². The van der Waals surface area contributed by atoms with Gasteiger partial charge in [-0.1, -0.05) is 18.2 Å². The lowest BCUT2D eigenvalue weighted by atomic mass is 10.1. The third-order valence-corrected chi connectivity index (χ3v) is 3.66. The first-order chi connectivity index (χ1) is 9.20. The smallest absolute Gasteiger partial charge is 0.327 e. The standard InChI is InChI=1S/C15H18N2O2/c1-17-9-12(11-5-3-4-6-13(11)17)14(15(18)19-2)16-10-7-8-10/h3-6,9-10,14,16H,7-8H2,1-2H3. The summed E-state index contributed by atoms with van der Waals surface area (Å²) >= 11 is 0. The number of esters is 1. The molecule has 1 aliphatic carbocycles. The summed E-state index contributed by atoms with van der Waals surface area (Å²) in [6.07, 6.45) is 4.29. The zero-order chi connectivity index (χ0) is 13.4. The molecule has 1 aromatic heterocycles. The number of para-hydroxylation sites is 1. The SMILES string of the molecule is COC(=O)C(NC1CC1)c1cn(C)c2ccccc12. The van der Waals surface area contributed by atoms with Gasteiger partial charge in [0.2, 0.25) is 0 Å². The maximum Gasteiger partial charge on any atom is 0.327 e. The number of methoxy groups -OCH3 is 1. The summed E-state index contributed by atoms with van der Waals surface area (Å²) in [5, 5.41) is 4.48. The Balaban J connectivity index is 2.05. The van der Waals surface area contributed by atoms with E-state index >= 15 is 0 Å². The average Bonchev–Trinajstić information content (AvgIpc) is 3.20. The second-order valence-corrected chi connectivity index (χ2v) is 5.11. The number of aryl methyl sites for hydroxylation is 1. The average molecular weight is 258 g/mol. The van der Waals surface area contributed by atoms with Crippen LogP contribution < -0.4 is 5.32 Å². The second kappa shape index (κ2) is 4.70. The Labute approximate surface area is 112 Å². The Morgan fingerprint density at radius 2 is 2.16 bits per heavy atom. The van der Waals surface area contributed by atoms with Crippen molar-refractivity contribution in [2.45, 2.75) is 24.9 Å². The van der Waals surface area contributed by atoms with Crippen molar-refractivity contribution < 1.29 is 9.53 Å². The number of benzene rings is 1. The van der Waals surface area contributed by atoms with Crippen LogP contribution in [0.3, 0.4) is 0 Å². The summed E-state index contributed by atoms with van der Waals surface area (Å²) in [6, 6.07) is 8.19. The Bertz CT molecular complexity index is 614. The molecule has 3 rings (SSSR count). The van der Waals surface area contributed by atoms with Gasteiger partial charge in [-0.3, -0.25) is 5.32 Å². The van der Waals surface area contributed by atoms with Crippen molar-refractivity contribution in [2.24, 2.45) is 7.05 Å². The Hall–Kier alpha value is -1.81. The number of hydrogen-bond acceptors (Lipinski definition) is 3. The maximum absolute atomic E-state index is 12.0. The fourth-order valence-electron chi connectivity index (χ4n) is 2.49. The molecule has 100 valence electrons. The van der Waals surface area contributed by atoms with Crippen LogP contribution >= 0.6 is 0 Å². The molecule has 1 fully saturated rings. The molecule has 0 saturated heterocycles. The summed E-state index contributed by atoms with van der Waals surface area (Å²) in [7, 11) is 3.44. The van der Waals surface area contributed by atoms with Gasteiger partial charge < -0.3 is 9.30 Å². The maximum atomic E-state index is 12.0. The third-order valence-electron chi connectivity index (χ3n) is 3.66. The van der Waals surface area contributed by atoms with Gasteiger partial charge in [-0.25, -0.2) is 4.79 Å². The largest absolute Gasteiger partial charge is 0.468 e. The Morgan fingerprint density at radius 1 is 1.42 bits per heavy atom. The Morgan fingerprint density at radius 3 is 2.84 bits per heavy atom. The molecule has 1 unspecified atom stereocenters. The van der Waals surface area contributed by atoms with Gasteiger partial charge in [-0.2, -0.15) is 0 Å². The van der Waals surface area contributed by atoms with Crippen molar-refractivity contribution in [1.29, 1.82) is 0 Å². The van der Waals surface area contributed by atoms with Gasteiger partial charge >= 0.3 is 5.97 Å². The summed E-state index contributed by atoms with van der Waals surface area (Å²) < 4.78 is 6.99. The zero-order valence-corrected chi connectivity index (χ0v) is 11.2. The quantitative estimate of drug-likeness (QED) is 0.854. The molecule has 2 aromatic rings. The number of fused-ring (bicyclic) bond motifs is 1. The highest BCUT2D eigenvalue weighted by molar-refractivity contribution is 5.90. The van der Waals surface area contributed by atoms with Gasteiger partial charge in [0, 0.05) is 35.8 Å². The number of nitrogens with one attached hydrogen (secondary N) is 1. The molecule has 1 N–H and O–H groups in total. The monoisotopic (exact) mass is 258 g/mol. The van der Waals surface area contributed by atoms with E-state index < -0.39 is 0 Å². The summed E-state index contributed by atoms with van der Waals surface area (Å²) in [6.45, 7) is 0. The van der Waals surface area contributed by atoms with E-state index in [0.717, 1.165) is 29.3 Å². The van der Waals surface area contributed by atoms with E-state index in [9.17, 15) is 4.79 Å². The van der Waals surface area contributed by atoms with Gasteiger partial charge in [0.15, 0.2) is 0 Å². The summed E-state index contributed by atoms with van der Waals surface area (Å²) in [5.74, 6) is -0.219. The fraction of sp³-hybridized carbons (Fsp3) is 0.400. The van der Waals surface area contributed by atoms with E-state index in [4.69, 9.17) is 4.74 Å². The minimum Gasteiger partial charge on any atom is -0.468 e. The normalized spacial score (nSPS) is 16.5. The second-order valence-electron chi connectivity index (χ2n) is 5.11. The highest BCUT2D eigenvalue weighted by Gasteiger charge is 2.31. The molecular formula is C15H18N2O2. The lowest BCUT2D eigenvalue weighted by Crippen LogP contribution is -2.31. The third kappa shape index (κ3) is 2.24. The number of aromatic nitrogens is 1. The molecule has 1 aliphatic rings. The van der Waals surface area contributed by atoms with E-state index in [2.05, 4.69) is 22.0 Å². The van der Waals surface area contributed by atoms with Crippen LogP contribution in [-0.4, -0.2) is 23.7 Å². The van der Waals surface area contributed by atoms with Gasteiger partial charge in [0.05, 0.1) is 7.11 Å². The number of nitrogens with zero attached hydrogens (tertiary/aromatic N) is 1. The van der Waals surface area contributed by atoms with Crippen molar-refractivity contribution >= 4 is 16.9 Å². The first-order valence-corrected chi connectivity index (χ1v) is 6.58. The van der Waals surface area contributed by atoms with Gasteiger partial charge in [0.1, 0.15) is 6.04 Å². The molecule has 1 atom stereocenters. The number of carbonyl (C=O) groups is 1. The zero-order valence-electron chi connectivity index (χ0n) is 11.2. The molecule has 0 radical (unpaired) electrons. The van der Waals surface area contributed by atoms with Gasteiger partial charge in [-0.05, 0) is 18.9 Å². The van der Waals surface area contributed by atoms with Crippen LogP contribution in [0.25, 0.3) is 10.9 Å². The fourth-order valence-corrected chi connectivity index (χ4v) is 2.49. The molecular weight excluding hydrogens is 240 g/mol. The molecule has 4 heteroatoms. The van der Waals surface area contributed by atoms with E-state index in [-0.39, 0.29) is 12.0 Å².